The average Bonchev–Trinajstić information content (AvgIpc) is 3.37. The number of carbonyl (C=O) groups excluding carboxylic acids is 2. The fraction of sp³-hybridized carbons (Fsp3) is 0.0500. The lowest BCUT2D eigenvalue weighted by atomic mass is 10.2. The summed E-state index contributed by atoms with van der Waals surface area (Å²) in [5, 5.41) is 5.95. The minimum atomic E-state index is -0.388. The van der Waals surface area contributed by atoms with Crippen LogP contribution in [0.15, 0.2) is 65.3 Å². The van der Waals surface area contributed by atoms with E-state index >= 15 is 0 Å². The van der Waals surface area contributed by atoms with Gasteiger partial charge in [-0.3, -0.25) is 14.9 Å². The van der Waals surface area contributed by atoms with Crippen molar-refractivity contribution in [2.45, 2.75) is 0 Å². The van der Waals surface area contributed by atoms with Gasteiger partial charge in [0, 0.05) is 11.3 Å². The molecule has 2 heterocycles. The van der Waals surface area contributed by atoms with E-state index in [1.807, 2.05) is 18.2 Å². The fourth-order valence-corrected chi connectivity index (χ4v) is 3.53. The molecule has 7 nitrogen and oxygen atoms in total. The summed E-state index contributed by atoms with van der Waals surface area (Å²) in [5.74, 6) is 0.128. The average molecular weight is 393 g/mol. The van der Waals surface area contributed by atoms with Crippen molar-refractivity contribution < 1.29 is 18.7 Å². The molecule has 2 aromatic heterocycles. The number of hydrogen-bond acceptors (Lipinski definition) is 6. The van der Waals surface area contributed by atoms with Crippen molar-refractivity contribution in [3.8, 4) is 5.75 Å². The summed E-state index contributed by atoms with van der Waals surface area (Å²) in [7, 11) is 1.58. The minimum Gasteiger partial charge on any atom is -0.494 e. The molecule has 0 aliphatic carbocycles. The first kappa shape index (κ1) is 17.7. The minimum absolute atomic E-state index is 0.193. The van der Waals surface area contributed by atoms with E-state index in [0.717, 1.165) is 4.70 Å². The summed E-state index contributed by atoms with van der Waals surface area (Å²) in [5.41, 5.74) is 1.58. The molecule has 0 unspecified atom stereocenters. The number of benzene rings is 2. The molecule has 2 aromatic carbocycles. The normalized spacial score (nSPS) is 10.6. The topological polar surface area (TPSA) is 93.5 Å². The number of nitrogens with zero attached hydrogens (tertiary/aromatic N) is 1. The highest BCUT2D eigenvalue weighted by atomic mass is 32.1. The zero-order valence-electron chi connectivity index (χ0n) is 14.8. The summed E-state index contributed by atoms with van der Waals surface area (Å²) in [6.07, 6.45) is 1.42. The summed E-state index contributed by atoms with van der Waals surface area (Å²) < 4.78 is 11.3. The number of para-hydroxylation sites is 1. The zero-order valence-corrected chi connectivity index (χ0v) is 15.6. The Labute approximate surface area is 164 Å². The second-order valence-corrected chi connectivity index (χ2v) is 6.82. The molecule has 4 aromatic rings. The summed E-state index contributed by atoms with van der Waals surface area (Å²) in [4.78, 5) is 29.1. The van der Waals surface area contributed by atoms with Gasteiger partial charge in [-0.25, -0.2) is 4.98 Å². The van der Waals surface area contributed by atoms with E-state index in [1.165, 1.54) is 17.6 Å². The van der Waals surface area contributed by atoms with Crippen LogP contribution < -0.4 is 15.4 Å². The number of fused-ring (bicyclic) bond motifs is 1. The van der Waals surface area contributed by atoms with Crippen LogP contribution in [0.3, 0.4) is 0 Å². The maximum Gasteiger partial charge on any atom is 0.291 e. The Kier molecular flexibility index (Phi) is 4.77. The lowest BCUT2D eigenvalue weighted by molar-refractivity contribution is 0.0993. The monoisotopic (exact) mass is 393 g/mol. The second-order valence-electron chi connectivity index (χ2n) is 5.79. The van der Waals surface area contributed by atoms with Crippen molar-refractivity contribution in [3.05, 3.63) is 72.2 Å². The smallest absolute Gasteiger partial charge is 0.291 e. The predicted molar refractivity (Wildman–Crippen MR) is 107 cm³/mol. The van der Waals surface area contributed by atoms with E-state index in [-0.39, 0.29) is 17.6 Å². The Balaban J connectivity index is 1.51. The number of hydrogen-bond donors (Lipinski definition) is 2. The first-order valence-corrected chi connectivity index (χ1v) is 9.15. The van der Waals surface area contributed by atoms with Gasteiger partial charge < -0.3 is 14.5 Å². The third-order valence-electron chi connectivity index (χ3n) is 3.95. The fourth-order valence-electron chi connectivity index (χ4n) is 2.65. The van der Waals surface area contributed by atoms with Crippen LogP contribution in [0.5, 0.6) is 5.75 Å². The van der Waals surface area contributed by atoms with Crippen molar-refractivity contribution in [2.24, 2.45) is 0 Å². The van der Waals surface area contributed by atoms with Crippen molar-refractivity contribution in [3.63, 3.8) is 0 Å². The maximum atomic E-state index is 12.6. The lowest BCUT2D eigenvalue weighted by Crippen LogP contribution is -2.14. The number of ether oxygens (including phenoxy) is 1. The molecule has 2 amide bonds. The highest BCUT2D eigenvalue weighted by Crippen LogP contribution is 2.32. The molecule has 140 valence electrons. The van der Waals surface area contributed by atoms with Crippen LogP contribution in [-0.4, -0.2) is 23.9 Å². The van der Waals surface area contributed by atoms with Gasteiger partial charge in [-0.2, -0.15) is 0 Å². The Morgan fingerprint density at radius 2 is 1.89 bits per heavy atom. The van der Waals surface area contributed by atoms with Crippen LogP contribution in [0.25, 0.3) is 10.2 Å². The highest BCUT2D eigenvalue weighted by molar-refractivity contribution is 7.22. The molecule has 8 heteroatoms. The number of methoxy groups -OCH3 is 1. The maximum absolute atomic E-state index is 12.6. The number of anilines is 2. The molecule has 0 fully saturated rings. The van der Waals surface area contributed by atoms with Gasteiger partial charge in [0.15, 0.2) is 10.9 Å². The molecule has 28 heavy (non-hydrogen) atoms. The van der Waals surface area contributed by atoms with Crippen LogP contribution in [0.1, 0.15) is 20.9 Å². The number of furan rings is 1. The molecule has 0 aliphatic rings. The Hall–Kier alpha value is -3.65. The zero-order chi connectivity index (χ0) is 19.5. The van der Waals surface area contributed by atoms with Crippen molar-refractivity contribution >= 4 is 44.2 Å². The van der Waals surface area contributed by atoms with Gasteiger partial charge in [0.05, 0.1) is 18.1 Å². The lowest BCUT2D eigenvalue weighted by Gasteiger charge is -2.06. The highest BCUT2D eigenvalue weighted by Gasteiger charge is 2.14. The van der Waals surface area contributed by atoms with E-state index in [1.54, 1.807) is 43.5 Å². The van der Waals surface area contributed by atoms with Crippen LogP contribution in [0, 0.1) is 0 Å². The molecule has 4 rings (SSSR count). The van der Waals surface area contributed by atoms with E-state index in [4.69, 9.17) is 9.15 Å². The van der Waals surface area contributed by atoms with Crippen molar-refractivity contribution in [1.29, 1.82) is 0 Å². The second kappa shape index (κ2) is 7.53. The van der Waals surface area contributed by atoms with E-state index < -0.39 is 0 Å². The molecular weight excluding hydrogens is 378 g/mol. The Bertz CT molecular complexity index is 1150. The van der Waals surface area contributed by atoms with Crippen LogP contribution in [-0.2, 0) is 0 Å². The molecule has 0 bridgehead atoms. The van der Waals surface area contributed by atoms with Crippen molar-refractivity contribution in [1.82, 2.24) is 4.98 Å². The predicted octanol–water partition coefficient (Wildman–Crippen LogP) is 4.40. The van der Waals surface area contributed by atoms with E-state index in [2.05, 4.69) is 15.6 Å². The molecule has 0 saturated heterocycles. The third kappa shape index (κ3) is 3.58. The number of nitrogens with one attached hydrogen (secondary N) is 2. The van der Waals surface area contributed by atoms with Crippen LogP contribution >= 0.6 is 11.3 Å². The molecule has 0 atom stereocenters. The van der Waals surface area contributed by atoms with Crippen LogP contribution in [0.4, 0.5) is 10.8 Å². The van der Waals surface area contributed by atoms with Crippen LogP contribution in [0.2, 0.25) is 0 Å². The van der Waals surface area contributed by atoms with E-state index in [0.29, 0.717) is 27.6 Å². The van der Waals surface area contributed by atoms with Gasteiger partial charge >= 0.3 is 0 Å². The number of amides is 2. The molecule has 0 spiro atoms. The van der Waals surface area contributed by atoms with E-state index in [9.17, 15) is 9.59 Å². The van der Waals surface area contributed by atoms with Gasteiger partial charge in [-0.15, -0.1) is 0 Å². The summed E-state index contributed by atoms with van der Waals surface area (Å²) in [6.45, 7) is 0. The molecule has 0 radical (unpaired) electrons. The Morgan fingerprint density at radius 3 is 2.68 bits per heavy atom. The van der Waals surface area contributed by atoms with Gasteiger partial charge in [-0.05, 0) is 42.5 Å². The molecular formula is C20H15N3O4S. The number of thiazole rings is 1. The van der Waals surface area contributed by atoms with Gasteiger partial charge in [0.25, 0.3) is 11.8 Å². The van der Waals surface area contributed by atoms with Gasteiger partial charge in [-0.1, -0.05) is 23.5 Å². The van der Waals surface area contributed by atoms with Gasteiger partial charge in [0.2, 0.25) is 0 Å². The van der Waals surface area contributed by atoms with Gasteiger partial charge in [0.1, 0.15) is 11.3 Å². The first-order valence-electron chi connectivity index (χ1n) is 8.34. The summed E-state index contributed by atoms with van der Waals surface area (Å²) in [6, 6.07) is 15.4. The molecule has 2 N–H and O–H groups in total. The molecule has 0 saturated carbocycles. The number of rotatable bonds is 5. The number of carbonyl (C=O) groups is 2. The Morgan fingerprint density at radius 1 is 1.04 bits per heavy atom. The number of aromatic nitrogens is 1. The van der Waals surface area contributed by atoms with Crippen molar-refractivity contribution in [2.75, 3.05) is 17.7 Å². The summed E-state index contributed by atoms with van der Waals surface area (Å²) >= 11 is 1.36. The SMILES string of the molecule is COc1cccc2sc(NC(=O)c3cccc(NC(=O)c4ccco4)c3)nc12. The standard InChI is InChI=1S/C20H15N3O4S/c1-26-14-7-3-9-16-17(14)22-20(28-16)23-18(24)12-5-2-6-13(11-12)21-19(25)15-8-4-10-27-15/h2-11H,1H3,(H,21,25)(H,22,23,24). The largest absolute Gasteiger partial charge is 0.494 e. The third-order valence-corrected chi connectivity index (χ3v) is 4.89. The quantitative estimate of drug-likeness (QED) is 0.524. The molecule has 0 aliphatic heterocycles. The first-order chi connectivity index (χ1) is 13.6.